The molecule has 0 aromatic heterocycles. The molecule has 1 saturated heterocycles. The molecule has 5 atom stereocenters. The highest BCUT2D eigenvalue weighted by atomic mass is 79.9. The van der Waals surface area contributed by atoms with E-state index in [1.54, 1.807) is 25.1 Å². The van der Waals surface area contributed by atoms with Gasteiger partial charge in [0.1, 0.15) is 5.75 Å². The first-order valence-corrected chi connectivity index (χ1v) is 9.90. The van der Waals surface area contributed by atoms with Crippen molar-refractivity contribution < 1.29 is 28.5 Å². The summed E-state index contributed by atoms with van der Waals surface area (Å²) in [6.45, 7) is 8.10. The summed E-state index contributed by atoms with van der Waals surface area (Å²) in [7, 11) is 0. The molecule has 150 valence electrons. The van der Waals surface area contributed by atoms with E-state index in [0.29, 0.717) is 21.7 Å². The molecule has 1 fully saturated rings. The van der Waals surface area contributed by atoms with Crippen molar-refractivity contribution in [2.75, 3.05) is 0 Å². The van der Waals surface area contributed by atoms with Crippen molar-refractivity contribution in [2.24, 2.45) is 5.92 Å². The summed E-state index contributed by atoms with van der Waals surface area (Å²) in [5.74, 6) is -0.850. The third-order valence-corrected chi connectivity index (χ3v) is 5.88. The molecular formula is C19H24BrClO6. The van der Waals surface area contributed by atoms with Crippen LogP contribution in [0.15, 0.2) is 22.7 Å². The number of rotatable bonds is 5. The molecule has 27 heavy (non-hydrogen) atoms. The van der Waals surface area contributed by atoms with E-state index in [0.717, 1.165) is 0 Å². The molecule has 6 nitrogen and oxygen atoms in total. The van der Waals surface area contributed by atoms with Crippen LogP contribution in [-0.2, 0) is 23.8 Å². The van der Waals surface area contributed by atoms with Crippen LogP contribution < -0.4 is 4.74 Å². The molecule has 0 radical (unpaired) electrons. The maximum absolute atomic E-state index is 11.8. The van der Waals surface area contributed by atoms with Gasteiger partial charge in [0, 0.05) is 24.2 Å². The predicted molar refractivity (Wildman–Crippen MR) is 104 cm³/mol. The first-order chi connectivity index (χ1) is 12.6. The zero-order chi connectivity index (χ0) is 20.4. The van der Waals surface area contributed by atoms with E-state index >= 15 is 0 Å². The lowest BCUT2D eigenvalue weighted by Crippen LogP contribution is -2.65. The van der Waals surface area contributed by atoms with Gasteiger partial charge >= 0.3 is 11.9 Å². The molecule has 0 spiro atoms. The number of hydrogen-bond donors (Lipinski definition) is 0. The molecule has 2 rings (SSSR count). The van der Waals surface area contributed by atoms with Gasteiger partial charge in [0.05, 0.1) is 11.1 Å². The number of ether oxygens (including phenoxy) is 4. The monoisotopic (exact) mass is 462 g/mol. The third-order valence-electron chi connectivity index (χ3n) is 4.60. The number of hydrogen-bond acceptors (Lipinski definition) is 6. The largest absolute Gasteiger partial charge is 0.459 e. The lowest BCUT2D eigenvalue weighted by molar-refractivity contribution is -0.304. The number of carbonyl (C=O) groups excluding carboxylic acids is 2. The Morgan fingerprint density at radius 1 is 1.30 bits per heavy atom. The third kappa shape index (κ3) is 4.76. The van der Waals surface area contributed by atoms with E-state index in [4.69, 9.17) is 30.5 Å². The first kappa shape index (κ1) is 22.0. The van der Waals surface area contributed by atoms with Crippen LogP contribution in [-0.4, -0.2) is 36.0 Å². The zero-order valence-corrected chi connectivity index (χ0v) is 18.3. The minimum atomic E-state index is -1.35. The predicted octanol–water partition coefficient (Wildman–Crippen LogP) is 4.51. The Bertz CT molecular complexity index is 711. The second kappa shape index (κ2) is 8.80. The Morgan fingerprint density at radius 2 is 1.96 bits per heavy atom. The Balaban J connectivity index is 2.47. The lowest BCUT2D eigenvalue weighted by atomic mass is 9.81. The summed E-state index contributed by atoms with van der Waals surface area (Å²) in [4.78, 5) is 23.5. The van der Waals surface area contributed by atoms with Gasteiger partial charge in [-0.15, -0.1) is 0 Å². The van der Waals surface area contributed by atoms with Gasteiger partial charge in [0.25, 0.3) is 0 Å². The van der Waals surface area contributed by atoms with Crippen molar-refractivity contribution in [3.63, 3.8) is 0 Å². The fraction of sp³-hybridized carbons (Fsp3) is 0.579. The molecule has 1 aliphatic rings. The van der Waals surface area contributed by atoms with E-state index < -0.39 is 29.9 Å². The van der Waals surface area contributed by atoms with Crippen LogP contribution in [0.2, 0.25) is 5.02 Å². The minimum Gasteiger partial charge on any atom is -0.459 e. The average molecular weight is 464 g/mol. The minimum absolute atomic E-state index is 0.207. The Kier molecular flexibility index (Phi) is 7.16. The summed E-state index contributed by atoms with van der Waals surface area (Å²) in [5.41, 5.74) is -1.35. The molecule has 0 amide bonds. The van der Waals surface area contributed by atoms with Crippen molar-refractivity contribution in [3.8, 4) is 5.75 Å². The molecule has 0 bridgehead atoms. The molecule has 1 aromatic carbocycles. The van der Waals surface area contributed by atoms with Crippen LogP contribution in [0.25, 0.3) is 0 Å². The fourth-order valence-corrected chi connectivity index (χ4v) is 3.91. The molecular weight excluding hydrogens is 440 g/mol. The van der Waals surface area contributed by atoms with Gasteiger partial charge < -0.3 is 18.9 Å². The summed E-state index contributed by atoms with van der Waals surface area (Å²) in [6, 6.07) is 5.23. The van der Waals surface area contributed by atoms with E-state index in [-0.39, 0.29) is 12.0 Å². The molecule has 1 heterocycles. The lowest BCUT2D eigenvalue weighted by Gasteiger charge is -2.49. The molecule has 0 aliphatic carbocycles. The Morgan fingerprint density at radius 3 is 2.52 bits per heavy atom. The Hall–Kier alpha value is -1.31. The summed E-state index contributed by atoms with van der Waals surface area (Å²) in [6.07, 6.45) is -1.35. The van der Waals surface area contributed by atoms with Gasteiger partial charge in [-0.25, -0.2) is 0 Å². The topological polar surface area (TPSA) is 71.1 Å². The molecule has 1 aliphatic heterocycles. The summed E-state index contributed by atoms with van der Waals surface area (Å²) >= 11 is 9.66. The quantitative estimate of drug-likeness (QED) is 0.599. The van der Waals surface area contributed by atoms with Crippen molar-refractivity contribution in [1.29, 1.82) is 0 Å². The van der Waals surface area contributed by atoms with Gasteiger partial charge in [-0.3, -0.25) is 9.59 Å². The van der Waals surface area contributed by atoms with Crippen LogP contribution in [0.4, 0.5) is 0 Å². The van der Waals surface area contributed by atoms with E-state index in [2.05, 4.69) is 15.9 Å². The van der Waals surface area contributed by atoms with Crippen molar-refractivity contribution >= 4 is 39.5 Å². The highest BCUT2D eigenvalue weighted by Crippen LogP contribution is 2.42. The van der Waals surface area contributed by atoms with Crippen molar-refractivity contribution in [2.45, 2.75) is 65.1 Å². The van der Waals surface area contributed by atoms with Gasteiger partial charge in [-0.2, -0.15) is 0 Å². The maximum Gasteiger partial charge on any atom is 0.303 e. The van der Waals surface area contributed by atoms with E-state index in [1.165, 1.54) is 13.8 Å². The van der Waals surface area contributed by atoms with Crippen LogP contribution in [0.1, 0.15) is 41.0 Å². The van der Waals surface area contributed by atoms with E-state index in [9.17, 15) is 9.59 Å². The second-order valence-electron chi connectivity index (χ2n) is 6.75. The van der Waals surface area contributed by atoms with Gasteiger partial charge in [-0.1, -0.05) is 31.5 Å². The maximum atomic E-state index is 11.8. The van der Waals surface area contributed by atoms with Crippen molar-refractivity contribution in [1.82, 2.24) is 0 Å². The highest BCUT2D eigenvalue weighted by Gasteiger charge is 2.57. The fourth-order valence-electron chi connectivity index (χ4n) is 3.39. The Labute approximate surface area is 172 Å². The number of benzene rings is 1. The molecule has 0 saturated carbocycles. The SMILES string of the molecule is CC[C@H]1O[C@H](Oc2cccc(Br)c2Cl)[C@@](C)(OC(C)=O)[C@@H](OC(C)=O)[C@@H]1C. The number of esters is 2. The second-order valence-corrected chi connectivity index (χ2v) is 7.98. The average Bonchev–Trinajstić information content (AvgIpc) is 2.57. The summed E-state index contributed by atoms with van der Waals surface area (Å²) < 4.78 is 23.9. The van der Waals surface area contributed by atoms with Crippen molar-refractivity contribution in [3.05, 3.63) is 27.7 Å². The highest BCUT2D eigenvalue weighted by molar-refractivity contribution is 9.10. The zero-order valence-electron chi connectivity index (χ0n) is 16.0. The molecule has 0 N–H and O–H groups in total. The van der Waals surface area contributed by atoms with Gasteiger partial charge in [0.15, 0.2) is 6.10 Å². The number of carbonyl (C=O) groups is 2. The molecule has 1 aromatic rings. The van der Waals surface area contributed by atoms with Crippen LogP contribution in [0.5, 0.6) is 5.75 Å². The summed E-state index contributed by atoms with van der Waals surface area (Å²) in [5, 5.41) is 0.363. The normalized spacial score (nSPS) is 30.5. The van der Waals surface area contributed by atoms with Gasteiger partial charge in [0.2, 0.25) is 11.9 Å². The van der Waals surface area contributed by atoms with Crippen LogP contribution in [0.3, 0.4) is 0 Å². The van der Waals surface area contributed by atoms with E-state index in [1.807, 2.05) is 13.8 Å². The molecule has 0 unspecified atom stereocenters. The van der Waals surface area contributed by atoms with Crippen LogP contribution in [0, 0.1) is 5.92 Å². The smallest absolute Gasteiger partial charge is 0.303 e. The van der Waals surface area contributed by atoms with Gasteiger partial charge in [-0.05, 0) is 41.4 Å². The number of halogens is 2. The first-order valence-electron chi connectivity index (χ1n) is 8.73. The molecule has 8 heteroatoms. The van der Waals surface area contributed by atoms with Crippen LogP contribution >= 0.6 is 27.5 Å². The standard InChI is InChI=1S/C19H24BrClO6/c1-6-14-10(2)17(24-11(3)22)19(5,27-12(4)23)18(25-14)26-15-9-7-8-13(20)16(15)21/h7-10,14,17-18H,6H2,1-5H3/t10-,14-,17+,18-,19+/m1/s1.